The van der Waals surface area contributed by atoms with Crippen molar-refractivity contribution in [2.45, 2.75) is 50.7 Å². The van der Waals surface area contributed by atoms with Gasteiger partial charge in [-0.25, -0.2) is 4.79 Å². The summed E-state index contributed by atoms with van der Waals surface area (Å²) >= 11 is 0. The average molecular weight is 356 g/mol. The standard InChI is InChI=1S/C20H24N2O4/c1-15(19(24)22-20(14-21)11-4-3-5-12-20)26-18(23)10-9-16-7-6-8-17(13-16)25-2/h6-10,13,15H,3-5,11-12H2,1-2H3,(H,22,24)/b10-9+/t15-/m0/s1. The van der Waals surface area contributed by atoms with Gasteiger partial charge in [0.15, 0.2) is 6.10 Å². The number of benzene rings is 1. The summed E-state index contributed by atoms with van der Waals surface area (Å²) in [5.74, 6) is -0.385. The lowest BCUT2D eigenvalue weighted by molar-refractivity contribution is -0.150. The molecular weight excluding hydrogens is 332 g/mol. The van der Waals surface area contributed by atoms with Crippen molar-refractivity contribution in [3.8, 4) is 11.8 Å². The molecule has 6 heteroatoms. The van der Waals surface area contributed by atoms with Crippen LogP contribution in [-0.2, 0) is 14.3 Å². The topological polar surface area (TPSA) is 88.4 Å². The van der Waals surface area contributed by atoms with Crippen LogP contribution in [0.4, 0.5) is 0 Å². The monoisotopic (exact) mass is 356 g/mol. The molecule has 0 aromatic heterocycles. The molecule has 0 saturated heterocycles. The van der Waals surface area contributed by atoms with Gasteiger partial charge in [-0.15, -0.1) is 0 Å². The van der Waals surface area contributed by atoms with Crippen molar-refractivity contribution < 1.29 is 19.1 Å². The number of carbonyl (C=O) groups excluding carboxylic acids is 2. The molecule has 1 atom stereocenters. The number of amides is 1. The summed E-state index contributed by atoms with van der Waals surface area (Å²) in [6.45, 7) is 1.50. The van der Waals surface area contributed by atoms with Crippen LogP contribution in [0.25, 0.3) is 6.08 Å². The number of hydrogen-bond acceptors (Lipinski definition) is 5. The van der Waals surface area contributed by atoms with E-state index in [2.05, 4.69) is 11.4 Å². The third-order valence-electron chi connectivity index (χ3n) is 4.45. The van der Waals surface area contributed by atoms with Crippen molar-refractivity contribution in [1.29, 1.82) is 5.26 Å². The second-order valence-electron chi connectivity index (χ2n) is 6.43. The van der Waals surface area contributed by atoms with E-state index in [1.165, 1.54) is 13.0 Å². The van der Waals surface area contributed by atoms with Gasteiger partial charge in [-0.2, -0.15) is 5.26 Å². The number of ether oxygens (including phenoxy) is 2. The first-order valence-electron chi connectivity index (χ1n) is 8.74. The lowest BCUT2D eigenvalue weighted by Crippen LogP contribution is -2.52. The van der Waals surface area contributed by atoms with Crippen molar-refractivity contribution in [2.75, 3.05) is 7.11 Å². The summed E-state index contributed by atoms with van der Waals surface area (Å²) in [6.07, 6.45) is 6.03. The predicted octanol–water partition coefficient (Wildman–Crippen LogP) is 2.98. The van der Waals surface area contributed by atoms with Gasteiger partial charge in [-0.3, -0.25) is 4.79 Å². The Bertz CT molecular complexity index is 715. The van der Waals surface area contributed by atoms with Crippen molar-refractivity contribution in [3.63, 3.8) is 0 Å². The van der Waals surface area contributed by atoms with Crippen LogP contribution < -0.4 is 10.1 Å². The van der Waals surface area contributed by atoms with Gasteiger partial charge in [-0.1, -0.05) is 31.4 Å². The minimum atomic E-state index is -0.968. The van der Waals surface area contributed by atoms with Crippen LogP contribution in [0.5, 0.6) is 5.75 Å². The maximum Gasteiger partial charge on any atom is 0.331 e. The van der Waals surface area contributed by atoms with Crippen molar-refractivity contribution in [1.82, 2.24) is 5.32 Å². The fourth-order valence-corrected chi connectivity index (χ4v) is 2.93. The van der Waals surface area contributed by atoms with Crippen LogP contribution in [0.15, 0.2) is 30.3 Å². The van der Waals surface area contributed by atoms with Crippen LogP contribution in [0.2, 0.25) is 0 Å². The molecule has 26 heavy (non-hydrogen) atoms. The molecule has 1 aliphatic carbocycles. The Morgan fingerprint density at radius 2 is 2.04 bits per heavy atom. The van der Waals surface area contributed by atoms with E-state index in [9.17, 15) is 14.9 Å². The van der Waals surface area contributed by atoms with E-state index in [0.29, 0.717) is 18.6 Å². The maximum atomic E-state index is 12.3. The van der Waals surface area contributed by atoms with Crippen LogP contribution in [0, 0.1) is 11.3 Å². The van der Waals surface area contributed by atoms with E-state index in [1.807, 2.05) is 12.1 Å². The highest BCUT2D eigenvalue weighted by molar-refractivity contribution is 5.90. The number of esters is 1. The van der Waals surface area contributed by atoms with Crippen molar-refractivity contribution >= 4 is 18.0 Å². The van der Waals surface area contributed by atoms with Gasteiger partial charge in [-0.05, 0) is 43.5 Å². The summed E-state index contributed by atoms with van der Waals surface area (Å²) in [6, 6.07) is 9.43. The quantitative estimate of drug-likeness (QED) is 0.625. The third-order valence-corrected chi connectivity index (χ3v) is 4.45. The van der Waals surface area contributed by atoms with Gasteiger partial charge in [0, 0.05) is 6.08 Å². The average Bonchev–Trinajstić information content (AvgIpc) is 2.67. The Balaban J connectivity index is 1.90. The molecule has 1 fully saturated rings. The molecule has 0 heterocycles. The van der Waals surface area contributed by atoms with Gasteiger partial charge in [0.1, 0.15) is 11.3 Å². The Hall–Kier alpha value is -2.81. The normalized spacial score (nSPS) is 17.1. The van der Waals surface area contributed by atoms with Gasteiger partial charge in [0.05, 0.1) is 13.2 Å². The molecule has 1 saturated carbocycles. The van der Waals surface area contributed by atoms with Crippen LogP contribution in [0.1, 0.15) is 44.6 Å². The number of rotatable bonds is 6. The fraction of sp³-hybridized carbons (Fsp3) is 0.450. The number of methoxy groups -OCH3 is 1. The minimum absolute atomic E-state index is 0.448. The van der Waals surface area contributed by atoms with Gasteiger partial charge in [0.2, 0.25) is 0 Å². The molecule has 1 aliphatic rings. The summed E-state index contributed by atoms with van der Waals surface area (Å²) in [5, 5.41) is 12.2. The number of nitriles is 1. The Labute approximate surface area is 153 Å². The van der Waals surface area contributed by atoms with E-state index >= 15 is 0 Å². The van der Waals surface area contributed by atoms with Gasteiger partial charge >= 0.3 is 5.97 Å². The fourth-order valence-electron chi connectivity index (χ4n) is 2.93. The van der Waals surface area contributed by atoms with Gasteiger partial charge < -0.3 is 14.8 Å². The molecule has 0 spiro atoms. The smallest absolute Gasteiger partial charge is 0.331 e. The second kappa shape index (κ2) is 9.04. The lowest BCUT2D eigenvalue weighted by atomic mass is 9.83. The molecule has 1 aromatic rings. The maximum absolute atomic E-state index is 12.3. The third kappa shape index (κ3) is 5.35. The van der Waals surface area contributed by atoms with Crippen LogP contribution >= 0.6 is 0 Å². The highest BCUT2D eigenvalue weighted by Crippen LogP contribution is 2.27. The Morgan fingerprint density at radius 1 is 1.31 bits per heavy atom. The molecule has 2 rings (SSSR count). The molecule has 1 N–H and O–H groups in total. The predicted molar refractivity (Wildman–Crippen MR) is 97.2 cm³/mol. The van der Waals surface area contributed by atoms with E-state index in [1.54, 1.807) is 25.3 Å². The Morgan fingerprint density at radius 3 is 2.69 bits per heavy atom. The SMILES string of the molecule is COc1cccc(/C=C/C(=O)O[C@@H](C)C(=O)NC2(C#N)CCCCC2)c1. The number of nitrogens with one attached hydrogen (secondary N) is 1. The van der Waals surface area contributed by atoms with E-state index < -0.39 is 23.5 Å². The highest BCUT2D eigenvalue weighted by Gasteiger charge is 2.35. The first-order valence-corrected chi connectivity index (χ1v) is 8.74. The molecule has 0 aliphatic heterocycles. The minimum Gasteiger partial charge on any atom is -0.497 e. The first kappa shape index (κ1) is 19.5. The number of carbonyl (C=O) groups is 2. The van der Waals surface area contributed by atoms with Crippen LogP contribution in [0.3, 0.4) is 0 Å². The largest absolute Gasteiger partial charge is 0.497 e. The molecule has 0 radical (unpaired) electrons. The molecule has 138 valence electrons. The van der Waals surface area contributed by atoms with Crippen molar-refractivity contribution in [3.05, 3.63) is 35.9 Å². The van der Waals surface area contributed by atoms with E-state index in [0.717, 1.165) is 24.8 Å². The molecule has 6 nitrogen and oxygen atoms in total. The molecule has 1 amide bonds. The number of hydrogen-bond donors (Lipinski definition) is 1. The van der Waals surface area contributed by atoms with E-state index in [-0.39, 0.29) is 0 Å². The summed E-state index contributed by atoms with van der Waals surface area (Å²) < 4.78 is 10.3. The first-order chi connectivity index (χ1) is 12.5. The Kier molecular flexibility index (Phi) is 6.79. The van der Waals surface area contributed by atoms with Gasteiger partial charge in [0.25, 0.3) is 5.91 Å². The zero-order valence-electron chi connectivity index (χ0n) is 15.2. The van der Waals surface area contributed by atoms with Crippen LogP contribution in [-0.4, -0.2) is 30.6 Å². The highest BCUT2D eigenvalue weighted by atomic mass is 16.5. The van der Waals surface area contributed by atoms with E-state index in [4.69, 9.17) is 9.47 Å². The molecule has 1 aromatic carbocycles. The second-order valence-corrected chi connectivity index (χ2v) is 6.43. The van der Waals surface area contributed by atoms with Crippen molar-refractivity contribution in [2.24, 2.45) is 0 Å². The lowest BCUT2D eigenvalue weighted by Gasteiger charge is -2.32. The number of nitrogens with zero attached hydrogens (tertiary/aromatic N) is 1. The molecule has 0 unspecified atom stereocenters. The zero-order chi connectivity index (χ0) is 19.0. The zero-order valence-corrected chi connectivity index (χ0v) is 15.2. The summed E-state index contributed by atoms with van der Waals surface area (Å²) in [5.41, 5.74) is -0.0593. The molecular formula is C20H24N2O4. The summed E-state index contributed by atoms with van der Waals surface area (Å²) in [4.78, 5) is 24.2. The molecule has 0 bridgehead atoms. The summed E-state index contributed by atoms with van der Waals surface area (Å²) in [7, 11) is 1.57.